The van der Waals surface area contributed by atoms with Gasteiger partial charge in [0.2, 0.25) is 0 Å². The van der Waals surface area contributed by atoms with Gasteiger partial charge in [-0.15, -0.1) is 0 Å². The van der Waals surface area contributed by atoms with E-state index >= 15 is 0 Å². The largest absolute Gasteiger partial charge is 0.366 e. The van der Waals surface area contributed by atoms with Gasteiger partial charge in [0.15, 0.2) is 5.11 Å². The van der Waals surface area contributed by atoms with Crippen molar-refractivity contribution in [3.8, 4) is 0 Å². The van der Waals surface area contributed by atoms with Crippen LogP contribution in [0.5, 0.6) is 0 Å². The molecular formula is C7H16N2S. The predicted octanol–water partition coefficient (Wildman–Crippen LogP) is 1.27. The first-order chi connectivity index (χ1) is 4.81. The van der Waals surface area contributed by atoms with E-state index in [1.54, 1.807) is 0 Å². The second kappa shape index (κ2) is 6.81. The van der Waals surface area contributed by atoms with E-state index in [9.17, 15) is 0 Å². The molecule has 0 aliphatic rings. The van der Waals surface area contributed by atoms with E-state index in [2.05, 4.69) is 17.6 Å². The molecule has 2 N–H and O–H groups in total. The Bertz CT molecular complexity index is 93.6. The summed E-state index contributed by atoms with van der Waals surface area (Å²) in [5, 5.41) is 6.70. The van der Waals surface area contributed by atoms with Crippen LogP contribution in [0.3, 0.4) is 0 Å². The number of hydrogen-bond acceptors (Lipinski definition) is 1. The van der Waals surface area contributed by atoms with E-state index in [-0.39, 0.29) is 0 Å². The van der Waals surface area contributed by atoms with E-state index in [1.807, 2.05) is 7.05 Å². The smallest absolute Gasteiger partial charge is 0.166 e. The molecule has 0 atom stereocenters. The zero-order valence-corrected chi connectivity index (χ0v) is 7.55. The fourth-order valence-electron chi connectivity index (χ4n) is 0.665. The summed E-state index contributed by atoms with van der Waals surface area (Å²) < 4.78 is 0. The molecule has 0 rings (SSSR count). The maximum Gasteiger partial charge on any atom is 0.166 e. The lowest BCUT2D eigenvalue weighted by Gasteiger charge is -2.04. The fraction of sp³-hybridized carbons (Fsp3) is 0.857. The monoisotopic (exact) mass is 160 g/mol. The highest BCUT2D eigenvalue weighted by Crippen LogP contribution is 1.90. The summed E-state index contributed by atoms with van der Waals surface area (Å²) in [5.41, 5.74) is 0. The molecule has 3 heteroatoms. The third-order valence-electron chi connectivity index (χ3n) is 1.29. The quantitative estimate of drug-likeness (QED) is 0.478. The summed E-state index contributed by atoms with van der Waals surface area (Å²) in [4.78, 5) is 0. The Morgan fingerprint density at radius 2 is 2.10 bits per heavy atom. The Kier molecular flexibility index (Phi) is 6.59. The first kappa shape index (κ1) is 9.69. The van der Waals surface area contributed by atoms with Crippen LogP contribution in [0, 0.1) is 0 Å². The molecule has 0 unspecified atom stereocenters. The molecule has 0 bridgehead atoms. The second-order valence-electron chi connectivity index (χ2n) is 2.21. The summed E-state index contributed by atoms with van der Waals surface area (Å²) in [6.07, 6.45) is 3.74. The molecule has 0 fully saturated rings. The molecule has 0 aliphatic carbocycles. The van der Waals surface area contributed by atoms with Crippen molar-refractivity contribution in [2.24, 2.45) is 0 Å². The van der Waals surface area contributed by atoms with Gasteiger partial charge >= 0.3 is 0 Å². The molecule has 0 spiro atoms. The lowest BCUT2D eigenvalue weighted by molar-refractivity contribution is 0.693. The van der Waals surface area contributed by atoms with Gasteiger partial charge in [-0.2, -0.15) is 0 Å². The maximum atomic E-state index is 4.88. The highest BCUT2D eigenvalue weighted by Gasteiger charge is 1.88. The van der Waals surface area contributed by atoms with Gasteiger partial charge in [0.25, 0.3) is 0 Å². The van der Waals surface area contributed by atoms with Crippen molar-refractivity contribution < 1.29 is 0 Å². The van der Waals surface area contributed by atoms with Gasteiger partial charge in [-0.1, -0.05) is 19.8 Å². The molecule has 60 valence electrons. The van der Waals surface area contributed by atoms with Gasteiger partial charge in [0.05, 0.1) is 0 Å². The van der Waals surface area contributed by atoms with Crippen LogP contribution in [0.1, 0.15) is 26.2 Å². The van der Waals surface area contributed by atoms with Crippen LogP contribution < -0.4 is 10.6 Å². The van der Waals surface area contributed by atoms with Crippen molar-refractivity contribution in [2.75, 3.05) is 13.6 Å². The zero-order chi connectivity index (χ0) is 7.82. The summed E-state index contributed by atoms with van der Waals surface area (Å²) in [5.74, 6) is 0. The molecule has 0 aromatic heterocycles. The summed E-state index contributed by atoms with van der Waals surface area (Å²) >= 11 is 4.88. The molecule has 0 radical (unpaired) electrons. The van der Waals surface area contributed by atoms with E-state index < -0.39 is 0 Å². The highest BCUT2D eigenvalue weighted by molar-refractivity contribution is 7.80. The van der Waals surface area contributed by atoms with E-state index in [0.717, 1.165) is 11.7 Å². The Balaban J connectivity index is 2.96. The summed E-state index contributed by atoms with van der Waals surface area (Å²) in [6.45, 7) is 3.18. The molecule has 0 aromatic rings. The third kappa shape index (κ3) is 5.82. The minimum absolute atomic E-state index is 0.746. The standard InChI is InChI=1S/C7H16N2S/c1-3-4-5-6-9-7(10)8-2/h3-6H2,1-2H3,(H2,8,9,10). The van der Waals surface area contributed by atoms with Gasteiger partial charge in [-0.25, -0.2) is 0 Å². The van der Waals surface area contributed by atoms with E-state index in [0.29, 0.717) is 0 Å². The number of nitrogens with one attached hydrogen (secondary N) is 2. The number of rotatable bonds is 4. The summed E-state index contributed by atoms with van der Waals surface area (Å²) in [6, 6.07) is 0. The molecule has 0 saturated heterocycles. The number of hydrogen-bond donors (Lipinski definition) is 2. The Labute approximate surface area is 68.4 Å². The van der Waals surface area contributed by atoms with Crippen LogP contribution in [0.2, 0.25) is 0 Å². The van der Waals surface area contributed by atoms with Crippen LogP contribution in [0.4, 0.5) is 0 Å². The SMILES string of the molecule is CCCCCNC(=S)NC. The molecule has 0 heterocycles. The molecule has 0 aliphatic heterocycles. The van der Waals surface area contributed by atoms with Crippen LogP contribution >= 0.6 is 12.2 Å². The minimum atomic E-state index is 0.746. The van der Waals surface area contributed by atoms with Gasteiger partial charge in [0.1, 0.15) is 0 Å². The van der Waals surface area contributed by atoms with Crippen LogP contribution in [0.25, 0.3) is 0 Å². The van der Waals surface area contributed by atoms with Crippen molar-refractivity contribution in [2.45, 2.75) is 26.2 Å². The zero-order valence-electron chi connectivity index (χ0n) is 6.74. The molecule has 0 aromatic carbocycles. The van der Waals surface area contributed by atoms with Gasteiger partial charge < -0.3 is 10.6 Å². The maximum absolute atomic E-state index is 4.88. The lowest BCUT2D eigenvalue weighted by Crippen LogP contribution is -2.32. The molecule has 0 saturated carbocycles. The van der Waals surface area contributed by atoms with Crippen molar-refractivity contribution in [1.29, 1.82) is 0 Å². The second-order valence-corrected chi connectivity index (χ2v) is 2.62. The normalized spacial score (nSPS) is 9.00. The van der Waals surface area contributed by atoms with Crippen LogP contribution in [-0.4, -0.2) is 18.7 Å². The average molecular weight is 160 g/mol. The lowest BCUT2D eigenvalue weighted by atomic mass is 10.2. The van der Waals surface area contributed by atoms with Crippen molar-refractivity contribution in [3.05, 3.63) is 0 Å². The molecule has 0 amide bonds. The first-order valence-electron chi connectivity index (χ1n) is 3.76. The van der Waals surface area contributed by atoms with Gasteiger partial charge in [-0.05, 0) is 18.6 Å². The molecule has 10 heavy (non-hydrogen) atoms. The molecular weight excluding hydrogens is 144 g/mol. The molecule has 2 nitrogen and oxygen atoms in total. The number of thiocarbonyl (C=S) groups is 1. The van der Waals surface area contributed by atoms with Crippen LogP contribution in [0.15, 0.2) is 0 Å². The minimum Gasteiger partial charge on any atom is -0.366 e. The third-order valence-corrected chi connectivity index (χ3v) is 1.64. The Morgan fingerprint density at radius 1 is 1.40 bits per heavy atom. The van der Waals surface area contributed by atoms with Crippen molar-refractivity contribution in [1.82, 2.24) is 10.6 Å². The first-order valence-corrected chi connectivity index (χ1v) is 4.17. The summed E-state index contributed by atoms with van der Waals surface area (Å²) in [7, 11) is 1.83. The van der Waals surface area contributed by atoms with E-state index in [4.69, 9.17) is 12.2 Å². The highest BCUT2D eigenvalue weighted by atomic mass is 32.1. The van der Waals surface area contributed by atoms with Crippen molar-refractivity contribution in [3.63, 3.8) is 0 Å². The van der Waals surface area contributed by atoms with E-state index in [1.165, 1.54) is 19.3 Å². The predicted molar refractivity (Wildman–Crippen MR) is 49.2 cm³/mol. The Morgan fingerprint density at radius 3 is 2.60 bits per heavy atom. The Hall–Kier alpha value is -0.310. The van der Waals surface area contributed by atoms with Gasteiger partial charge in [0, 0.05) is 13.6 Å². The van der Waals surface area contributed by atoms with Crippen LogP contribution in [-0.2, 0) is 0 Å². The van der Waals surface area contributed by atoms with Crippen molar-refractivity contribution >= 4 is 17.3 Å². The fourth-order valence-corrected chi connectivity index (χ4v) is 0.767. The number of unbranched alkanes of at least 4 members (excludes halogenated alkanes) is 2. The topological polar surface area (TPSA) is 24.1 Å². The van der Waals surface area contributed by atoms with Gasteiger partial charge in [-0.3, -0.25) is 0 Å². The average Bonchev–Trinajstić information content (AvgIpc) is 1.98.